The maximum absolute atomic E-state index is 11.5. The first-order chi connectivity index (χ1) is 10.6. The lowest BCUT2D eigenvalue weighted by molar-refractivity contribution is -0.115. The van der Waals surface area contributed by atoms with E-state index >= 15 is 0 Å². The van der Waals surface area contributed by atoms with E-state index in [0.29, 0.717) is 18.1 Å². The van der Waals surface area contributed by atoms with Crippen LogP contribution < -0.4 is 11.1 Å². The first kappa shape index (κ1) is 14.5. The van der Waals surface area contributed by atoms with Crippen molar-refractivity contribution in [2.75, 3.05) is 11.1 Å². The van der Waals surface area contributed by atoms with Gasteiger partial charge in [0.05, 0.1) is 5.52 Å². The quantitative estimate of drug-likeness (QED) is 0.668. The fourth-order valence-corrected chi connectivity index (χ4v) is 2.72. The van der Waals surface area contributed by atoms with Crippen molar-refractivity contribution in [3.05, 3.63) is 34.9 Å². The zero-order chi connectivity index (χ0) is 15.7. The Morgan fingerprint density at radius 2 is 2.18 bits per heavy atom. The number of rotatable bonds is 3. The molecule has 0 saturated heterocycles. The highest BCUT2D eigenvalue weighted by molar-refractivity contribution is 9.10. The van der Waals surface area contributed by atoms with E-state index in [1.165, 1.54) is 0 Å². The van der Waals surface area contributed by atoms with Crippen molar-refractivity contribution >= 4 is 44.4 Å². The van der Waals surface area contributed by atoms with Crippen molar-refractivity contribution in [3.63, 3.8) is 0 Å². The van der Waals surface area contributed by atoms with Gasteiger partial charge in [-0.1, -0.05) is 6.92 Å². The SMILES string of the molecule is CCC(=O)Nc1cc(-c2cc(Br)c3[nH]nc(N)c3c2)ccn1. The first-order valence-corrected chi connectivity index (χ1v) is 7.57. The number of amides is 1. The van der Waals surface area contributed by atoms with Crippen molar-refractivity contribution in [3.8, 4) is 11.1 Å². The number of nitrogen functional groups attached to an aromatic ring is 1. The molecule has 1 amide bonds. The maximum Gasteiger partial charge on any atom is 0.225 e. The second-order valence-corrected chi connectivity index (χ2v) is 5.68. The molecular weight excluding hydrogens is 346 g/mol. The molecule has 112 valence electrons. The summed E-state index contributed by atoms with van der Waals surface area (Å²) in [6, 6.07) is 7.64. The molecule has 0 aliphatic rings. The number of carbonyl (C=O) groups is 1. The van der Waals surface area contributed by atoms with Gasteiger partial charge in [0.25, 0.3) is 0 Å². The molecule has 0 aliphatic carbocycles. The number of benzene rings is 1. The number of anilines is 2. The summed E-state index contributed by atoms with van der Waals surface area (Å²) in [5.41, 5.74) is 8.62. The molecule has 3 aromatic rings. The largest absolute Gasteiger partial charge is 0.382 e. The van der Waals surface area contributed by atoms with E-state index in [2.05, 4.69) is 36.4 Å². The molecule has 0 aliphatic heterocycles. The van der Waals surface area contributed by atoms with Gasteiger partial charge in [-0.15, -0.1) is 0 Å². The minimum absolute atomic E-state index is 0.0691. The molecule has 7 heteroatoms. The molecule has 0 spiro atoms. The van der Waals surface area contributed by atoms with Gasteiger partial charge in [0.2, 0.25) is 5.91 Å². The predicted molar refractivity (Wildman–Crippen MR) is 90.4 cm³/mol. The molecule has 0 saturated carbocycles. The summed E-state index contributed by atoms with van der Waals surface area (Å²) >= 11 is 3.52. The van der Waals surface area contributed by atoms with Crippen molar-refractivity contribution in [1.29, 1.82) is 0 Å². The maximum atomic E-state index is 11.5. The third-order valence-corrected chi connectivity index (χ3v) is 3.96. The van der Waals surface area contributed by atoms with Crippen LogP contribution in [0, 0.1) is 0 Å². The van der Waals surface area contributed by atoms with Gasteiger partial charge >= 0.3 is 0 Å². The Bertz CT molecular complexity index is 858. The van der Waals surface area contributed by atoms with Crippen LogP contribution in [0.25, 0.3) is 22.0 Å². The molecule has 3 rings (SSSR count). The van der Waals surface area contributed by atoms with Gasteiger partial charge in [0, 0.05) is 22.5 Å². The number of H-pyrrole nitrogens is 1. The number of halogens is 1. The lowest BCUT2D eigenvalue weighted by Gasteiger charge is -2.07. The molecular formula is C15H14BrN5O. The molecule has 4 N–H and O–H groups in total. The summed E-state index contributed by atoms with van der Waals surface area (Å²) in [7, 11) is 0. The number of aromatic amines is 1. The van der Waals surface area contributed by atoms with Gasteiger partial charge in [-0.05, 0) is 51.3 Å². The fourth-order valence-electron chi connectivity index (χ4n) is 2.18. The Morgan fingerprint density at radius 3 is 2.95 bits per heavy atom. The van der Waals surface area contributed by atoms with Crippen molar-refractivity contribution in [2.24, 2.45) is 0 Å². The third kappa shape index (κ3) is 2.67. The summed E-state index contributed by atoms with van der Waals surface area (Å²) in [6.07, 6.45) is 2.08. The van der Waals surface area contributed by atoms with Crippen LogP contribution in [0.5, 0.6) is 0 Å². The number of fused-ring (bicyclic) bond motifs is 1. The molecule has 2 heterocycles. The lowest BCUT2D eigenvalue weighted by atomic mass is 10.0. The van der Waals surface area contributed by atoms with Crippen molar-refractivity contribution in [1.82, 2.24) is 15.2 Å². The highest BCUT2D eigenvalue weighted by atomic mass is 79.9. The predicted octanol–water partition coefficient (Wildman–Crippen LogP) is 3.32. The van der Waals surface area contributed by atoms with Crippen LogP contribution in [0.15, 0.2) is 34.9 Å². The summed E-state index contributed by atoms with van der Waals surface area (Å²) < 4.78 is 0.875. The number of nitrogens with one attached hydrogen (secondary N) is 2. The van der Waals surface area contributed by atoms with Crippen molar-refractivity contribution < 1.29 is 4.79 Å². The van der Waals surface area contributed by atoms with E-state index in [4.69, 9.17) is 5.73 Å². The Labute approximate surface area is 135 Å². The second kappa shape index (κ2) is 5.76. The Balaban J connectivity index is 2.05. The fraction of sp³-hybridized carbons (Fsp3) is 0.133. The lowest BCUT2D eigenvalue weighted by Crippen LogP contribution is -2.10. The minimum atomic E-state index is -0.0691. The van der Waals surface area contributed by atoms with Crippen LogP contribution in [0.2, 0.25) is 0 Å². The van der Waals surface area contributed by atoms with Gasteiger partial charge in [0.15, 0.2) is 5.82 Å². The van der Waals surface area contributed by atoms with Crippen LogP contribution in [-0.4, -0.2) is 21.1 Å². The monoisotopic (exact) mass is 359 g/mol. The number of pyridine rings is 1. The molecule has 1 aromatic carbocycles. The van der Waals surface area contributed by atoms with Gasteiger partial charge in [-0.25, -0.2) is 4.98 Å². The van der Waals surface area contributed by atoms with Crippen LogP contribution >= 0.6 is 15.9 Å². The molecule has 0 unspecified atom stereocenters. The van der Waals surface area contributed by atoms with Crippen LogP contribution in [-0.2, 0) is 4.79 Å². The highest BCUT2D eigenvalue weighted by Gasteiger charge is 2.10. The third-order valence-electron chi connectivity index (χ3n) is 3.34. The molecule has 0 radical (unpaired) electrons. The minimum Gasteiger partial charge on any atom is -0.382 e. The zero-order valence-electron chi connectivity index (χ0n) is 11.9. The zero-order valence-corrected chi connectivity index (χ0v) is 13.4. The van der Waals surface area contributed by atoms with Crippen LogP contribution in [0.1, 0.15) is 13.3 Å². The summed E-state index contributed by atoms with van der Waals surface area (Å²) in [5, 5.41) is 10.5. The summed E-state index contributed by atoms with van der Waals surface area (Å²) in [4.78, 5) is 15.6. The number of hydrogen-bond donors (Lipinski definition) is 3. The Morgan fingerprint density at radius 1 is 1.36 bits per heavy atom. The van der Waals surface area contributed by atoms with Gasteiger partial charge in [-0.2, -0.15) is 5.10 Å². The smallest absolute Gasteiger partial charge is 0.225 e. The molecule has 0 atom stereocenters. The molecule has 2 aromatic heterocycles. The summed E-state index contributed by atoms with van der Waals surface area (Å²) in [6.45, 7) is 1.80. The normalized spacial score (nSPS) is 10.8. The summed E-state index contributed by atoms with van der Waals surface area (Å²) in [5.74, 6) is 0.909. The number of carbonyl (C=O) groups excluding carboxylic acids is 1. The van der Waals surface area contributed by atoms with E-state index in [1.54, 1.807) is 13.1 Å². The average molecular weight is 360 g/mol. The van der Waals surface area contributed by atoms with E-state index in [0.717, 1.165) is 26.5 Å². The topological polar surface area (TPSA) is 96.7 Å². The van der Waals surface area contributed by atoms with Gasteiger partial charge < -0.3 is 11.1 Å². The molecule has 0 fully saturated rings. The second-order valence-electron chi connectivity index (χ2n) is 4.82. The van der Waals surface area contributed by atoms with E-state index in [-0.39, 0.29) is 5.91 Å². The number of nitrogens with zero attached hydrogens (tertiary/aromatic N) is 2. The van der Waals surface area contributed by atoms with E-state index in [9.17, 15) is 4.79 Å². The average Bonchev–Trinajstić information content (AvgIpc) is 2.89. The highest BCUT2D eigenvalue weighted by Crippen LogP contribution is 2.32. The molecule has 22 heavy (non-hydrogen) atoms. The van der Waals surface area contributed by atoms with Gasteiger partial charge in [0.1, 0.15) is 5.82 Å². The van der Waals surface area contributed by atoms with Crippen LogP contribution in [0.4, 0.5) is 11.6 Å². The first-order valence-electron chi connectivity index (χ1n) is 6.78. The number of aromatic nitrogens is 3. The van der Waals surface area contributed by atoms with Gasteiger partial charge in [-0.3, -0.25) is 9.89 Å². The van der Waals surface area contributed by atoms with Crippen LogP contribution in [0.3, 0.4) is 0 Å². The Kier molecular flexibility index (Phi) is 3.81. The number of hydrogen-bond acceptors (Lipinski definition) is 4. The van der Waals surface area contributed by atoms with Crippen molar-refractivity contribution in [2.45, 2.75) is 13.3 Å². The molecule has 0 bridgehead atoms. The molecule has 6 nitrogen and oxygen atoms in total. The van der Waals surface area contributed by atoms with E-state index in [1.807, 2.05) is 24.3 Å². The Hall–Kier alpha value is -2.41. The van der Waals surface area contributed by atoms with E-state index < -0.39 is 0 Å². The number of nitrogens with two attached hydrogens (primary N) is 1. The standard InChI is InChI=1S/C15H14BrN5O/c1-2-13(22)19-12-7-8(3-4-18-12)9-5-10-14(11(16)6-9)20-21-15(10)17/h3-7H,2H2,1H3,(H3,17,20,21)(H,18,19,22).